The van der Waals surface area contributed by atoms with E-state index in [1.54, 1.807) is 0 Å². The zero-order valence-electron chi connectivity index (χ0n) is 20.7. The van der Waals surface area contributed by atoms with E-state index in [0.29, 0.717) is 12.8 Å². The van der Waals surface area contributed by atoms with Crippen molar-refractivity contribution in [1.82, 2.24) is 0 Å². The molecule has 2 N–H and O–H groups in total. The number of hydrogen-bond acceptors (Lipinski definition) is 8. The van der Waals surface area contributed by atoms with Crippen molar-refractivity contribution in [1.29, 1.82) is 0 Å². The lowest BCUT2D eigenvalue weighted by atomic mass is 10.3. The van der Waals surface area contributed by atoms with E-state index in [2.05, 4.69) is 26.2 Å². The Labute approximate surface area is 199 Å². The van der Waals surface area contributed by atoms with E-state index < -0.39 is 49.1 Å². The zero-order valence-corrected chi connectivity index (χ0v) is 23.7. The van der Waals surface area contributed by atoms with E-state index in [4.69, 9.17) is 27.9 Å². The third-order valence-electron chi connectivity index (χ3n) is 4.50. The SMILES string of the molecule is C[Si](C)(CCCOC(=O)CCC(=O)O)O[Si](C)(C)O[Si](C)(C)CCCOC(=O)CCC(=O)O. The summed E-state index contributed by atoms with van der Waals surface area (Å²) in [6.45, 7) is 12.9. The molecule has 33 heavy (non-hydrogen) atoms. The van der Waals surface area contributed by atoms with Gasteiger partial charge >= 0.3 is 32.4 Å². The first-order valence-corrected chi connectivity index (χ1v) is 20.2. The van der Waals surface area contributed by atoms with Gasteiger partial charge in [-0.25, -0.2) is 0 Å². The number of carbonyl (C=O) groups excluding carboxylic acids is 2. The number of esters is 2. The van der Waals surface area contributed by atoms with Gasteiger partial charge in [0, 0.05) is 0 Å². The number of ether oxygens (including phenoxy) is 2. The van der Waals surface area contributed by atoms with Gasteiger partial charge in [0.2, 0.25) is 0 Å². The minimum absolute atomic E-state index is 0.123. The van der Waals surface area contributed by atoms with Crippen LogP contribution in [-0.4, -0.2) is 72.5 Å². The van der Waals surface area contributed by atoms with Crippen LogP contribution in [0, 0.1) is 0 Å². The van der Waals surface area contributed by atoms with Gasteiger partial charge in [-0.15, -0.1) is 0 Å². The van der Waals surface area contributed by atoms with Gasteiger partial charge in [-0.2, -0.15) is 0 Å². The van der Waals surface area contributed by atoms with E-state index in [1.165, 1.54) is 0 Å². The van der Waals surface area contributed by atoms with Crippen LogP contribution in [-0.2, 0) is 36.9 Å². The fourth-order valence-corrected chi connectivity index (χ4v) is 17.4. The van der Waals surface area contributed by atoms with E-state index >= 15 is 0 Å². The highest BCUT2D eigenvalue weighted by molar-refractivity contribution is 6.87. The molecule has 0 bridgehead atoms. The summed E-state index contributed by atoms with van der Waals surface area (Å²) in [6, 6.07) is 1.57. The quantitative estimate of drug-likeness (QED) is 0.154. The van der Waals surface area contributed by atoms with Crippen molar-refractivity contribution < 1.29 is 47.1 Å². The normalized spacial score (nSPS) is 12.3. The Hall–Kier alpha value is -1.55. The summed E-state index contributed by atoms with van der Waals surface area (Å²) in [4.78, 5) is 44.0. The fraction of sp³-hybridized carbons (Fsp3) is 0.800. The van der Waals surface area contributed by atoms with Gasteiger partial charge < -0.3 is 27.9 Å². The van der Waals surface area contributed by atoms with Gasteiger partial charge in [-0.1, -0.05) is 0 Å². The van der Waals surface area contributed by atoms with Crippen molar-refractivity contribution in [3.63, 3.8) is 0 Å². The summed E-state index contributed by atoms with van der Waals surface area (Å²) in [5, 5.41) is 17.2. The highest BCUT2D eigenvalue weighted by atomic mass is 28.5. The molecule has 13 heteroatoms. The summed E-state index contributed by atoms with van der Waals surface area (Å²) >= 11 is 0. The van der Waals surface area contributed by atoms with Gasteiger partial charge in [0.1, 0.15) is 0 Å². The molecule has 0 unspecified atom stereocenters. The zero-order chi connectivity index (χ0) is 25.7. The van der Waals surface area contributed by atoms with Crippen molar-refractivity contribution in [3.05, 3.63) is 0 Å². The Morgan fingerprint density at radius 1 is 0.606 bits per heavy atom. The first-order chi connectivity index (χ1) is 15.0. The van der Waals surface area contributed by atoms with Crippen molar-refractivity contribution >= 4 is 49.1 Å². The number of carbonyl (C=O) groups is 4. The van der Waals surface area contributed by atoms with Crippen LogP contribution in [0.2, 0.25) is 51.4 Å². The Morgan fingerprint density at radius 3 is 1.24 bits per heavy atom. The molecule has 0 atom stereocenters. The molecular formula is C20H40O10Si3. The van der Waals surface area contributed by atoms with E-state index in [1.807, 2.05) is 13.1 Å². The maximum atomic E-state index is 11.5. The van der Waals surface area contributed by atoms with E-state index in [9.17, 15) is 19.2 Å². The molecule has 0 amide bonds. The van der Waals surface area contributed by atoms with Crippen LogP contribution in [0.15, 0.2) is 0 Å². The third kappa shape index (κ3) is 18.6. The second-order valence-electron chi connectivity index (χ2n) is 9.56. The molecule has 0 aromatic carbocycles. The minimum Gasteiger partial charge on any atom is -0.481 e. The molecule has 0 rings (SSSR count). The molecule has 0 fully saturated rings. The molecule has 192 valence electrons. The Bertz CT molecular complexity index is 610. The van der Waals surface area contributed by atoms with Crippen LogP contribution in [0.3, 0.4) is 0 Å². The smallest absolute Gasteiger partial charge is 0.311 e. The Balaban J connectivity index is 4.33. The van der Waals surface area contributed by atoms with E-state index in [0.717, 1.165) is 12.1 Å². The van der Waals surface area contributed by atoms with Gasteiger partial charge in [0.25, 0.3) is 0 Å². The van der Waals surface area contributed by atoms with Gasteiger partial charge in [-0.05, 0) is 64.2 Å². The topological polar surface area (TPSA) is 146 Å². The summed E-state index contributed by atoms with van der Waals surface area (Å²) < 4.78 is 23.1. The maximum absolute atomic E-state index is 11.5. The molecule has 0 aliphatic heterocycles. The highest BCUT2D eigenvalue weighted by Crippen LogP contribution is 2.26. The average Bonchev–Trinajstić information content (AvgIpc) is 2.63. The second-order valence-corrected chi connectivity index (χ2v) is 22.0. The van der Waals surface area contributed by atoms with Crippen molar-refractivity contribution in [3.8, 4) is 0 Å². The monoisotopic (exact) mass is 524 g/mol. The number of hydrogen-bond donors (Lipinski definition) is 2. The van der Waals surface area contributed by atoms with Crippen LogP contribution < -0.4 is 0 Å². The molecule has 0 radical (unpaired) electrons. The summed E-state index contributed by atoms with van der Waals surface area (Å²) in [6.07, 6.45) is 0.592. The molecule has 0 saturated heterocycles. The molecule has 0 saturated carbocycles. The molecule has 0 aromatic rings. The second kappa shape index (κ2) is 14.7. The molecule has 0 heterocycles. The molecule has 0 spiro atoms. The fourth-order valence-electron chi connectivity index (χ4n) is 3.38. The lowest BCUT2D eigenvalue weighted by Crippen LogP contribution is -2.52. The highest BCUT2D eigenvalue weighted by Gasteiger charge is 2.39. The Morgan fingerprint density at radius 2 is 0.939 bits per heavy atom. The minimum atomic E-state index is -2.41. The molecule has 0 aliphatic rings. The van der Waals surface area contributed by atoms with Crippen LogP contribution in [0.25, 0.3) is 0 Å². The summed E-state index contributed by atoms with van der Waals surface area (Å²) in [7, 11) is -6.54. The molecule has 0 aromatic heterocycles. The summed E-state index contributed by atoms with van der Waals surface area (Å²) in [5.74, 6) is -3.05. The average molecular weight is 525 g/mol. The van der Waals surface area contributed by atoms with Crippen LogP contribution in [0.4, 0.5) is 0 Å². The number of carboxylic acid groups (broad SMARTS) is 2. The third-order valence-corrected chi connectivity index (χ3v) is 16.0. The number of rotatable bonds is 18. The van der Waals surface area contributed by atoms with Gasteiger partial charge in [0.15, 0.2) is 16.6 Å². The van der Waals surface area contributed by atoms with Crippen molar-refractivity contribution in [2.24, 2.45) is 0 Å². The largest absolute Gasteiger partial charge is 0.481 e. The van der Waals surface area contributed by atoms with Crippen molar-refractivity contribution in [2.75, 3.05) is 13.2 Å². The summed E-state index contributed by atoms with van der Waals surface area (Å²) in [5.41, 5.74) is 0. The molecule has 10 nitrogen and oxygen atoms in total. The Kier molecular flexibility index (Phi) is 14.0. The van der Waals surface area contributed by atoms with Crippen LogP contribution in [0.1, 0.15) is 38.5 Å². The van der Waals surface area contributed by atoms with E-state index in [-0.39, 0.29) is 38.9 Å². The van der Waals surface area contributed by atoms with Crippen LogP contribution in [0.5, 0.6) is 0 Å². The molecule has 0 aliphatic carbocycles. The molecular weight excluding hydrogens is 484 g/mol. The van der Waals surface area contributed by atoms with Crippen molar-refractivity contribution in [2.45, 2.75) is 89.9 Å². The van der Waals surface area contributed by atoms with Gasteiger partial charge in [-0.3, -0.25) is 19.2 Å². The first kappa shape index (κ1) is 31.5. The van der Waals surface area contributed by atoms with Crippen LogP contribution >= 0.6 is 0 Å². The number of aliphatic carboxylic acids is 2. The lowest BCUT2D eigenvalue weighted by molar-refractivity contribution is -0.147. The number of carboxylic acids is 2. The lowest BCUT2D eigenvalue weighted by Gasteiger charge is -2.38. The predicted octanol–water partition coefficient (Wildman–Crippen LogP) is 3.73. The first-order valence-electron chi connectivity index (χ1n) is 11.2. The van der Waals surface area contributed by atoms with Gasteiger partial charge in [0.05, 0.1) is 38.9 Å². The maximum Gasteiger partial charge on any atom is 0.311 e. The standard InChI is InChI=1S/C20H40O10Si3/c1-31(2,15-7-13-27-19(25)11-9-17(21)22)29-33(5,6)30-32(3,4)16-8-14-28-20(26)12-10-18(23)24/h7-16H2,1-6H3,(H,21,22)(H,23,24). The predicted molar refractivity (Wildman–Crippen MR) is 129 cm³/mol.